The maximum atomic E-state index is 12.7. The zero-order chi connectivity index (χ0) is 18.4. The van der Waals surface area contributed by atoms with Crippen LogP contribution in [-0.4, -0.2) is 17.7 Å². The minimum absolute atomic E-state index is 0.0408. The predicted molar refractivity (Wildman–Crippen MR) is 89.3 cm³/mol. The molecule has 1 atom stereocenters. The molecular weight excluding hydrogens is 333 g/mol. The summed E-state index contributed by atoms with van der Waals surface area (Å²) in [7, 11) is 0. The normalized spacial score (nSPS) is 13.2. The summed E-state index contributed by atoms with van der Waals surface area (Å²) in [5.74, 6) is -0.594. The lowest BCUT2D eigenvalue weighted by molar-refractivity contribution is -0.137. The Morgan fingerprint density at radius 1 is 1.12 bits per heavy atom. The van der Waals surface area contributed by atoms with Crippen molar-refractivity contribution < 1.29 is 22.8 Å². The van der Waals surface area contributed by atoms with E-state index < -0.39 is 23.8 Å². The number of hydrogen-bond donors (Lipinski definition) is 1. The fourth-order valence-corrected chi connectivity index (χ4v) is 1.96. The maximum Gasteiger partial charge on any atom is 0.416 e. The van der Waals surface area contributed by atoms with Crippen LogP contribution in [-0.2, 0) is 15.8 Å². The summed E-state index contributed by atoms with van der Waals surface area (Å²) in [4.78, 5) is 17.2. The quantitative estimate of drug-likeness (QED) is 0.639. The molecule has 2 aromatic rings. The number of anilines is 1. The minimum Gasteiger partial charge on any atom is -0.382 e. The fourth-order valence-electron chi connectivity index (χ4n) is 1.96. The number of halogens is 3. The van der Waals surface area contributed by atoms with Crippen LogP contribution >= 0.6 is 0 Å². The van der Waals surface area contributed by atoms with Crippen molar-refractivity contribution in [1.29, 1.82) is 0 Å². The van der Waals surface area contributed by atoms with Crippen LogP contribution in [0, 0.1) is 0 Å². The van der Waals surface area contributed by atoms with Gasteiger partial charge < -0.3 is 10.2 Å². The molecule has 25 heavy (non-hydrogen) atoms. The molecule has 0 fully saturated rings. The molecule has 0 unspecified atom stereocenters. The second-order valence-electron chi connectivity index (χ2n) is 5.36. The van der Waals surface area contributed by atoms with Crippen molar-refractivity contribution in [2.75, 3.05) is 5.32 Å². The highest BCUT2D eigenvalue weighted by Gasteiger charge is 2.30. The molecule has 132 valence electrons. The first kappa shape index (κ1) is 18.5. The Balaban J connectivity index is 1.99. The molecule has 0 radical (unpaired) electrons. The Labute approximate surface area is 143 Å². The average Bonchev–Trinajstić information content (AvgIpc) is 2.59. The summed E-state index contributed by atoms with van der Waals surface area (Å²) in [6.07, 6.45) is -5.44. The van der Waals surface area contributed by atoms with E-state index in [2.05, 4.69) is 10.5 Å². The lowest BCUT2D eigenvalue weighted by atomic mass is 10.1. The highest BCUT2D eigenvalue weighted by atomic mass is 19.4. The van der Waals surface area contributed by atoms with Gasteiger partial charge >= 0.3 is 6.18 Å². The van der Waals surface area contributed by atoms with Gasteiger partial charge in [0.05, 0.1) is 11.3 Å². The van der Waals surface area contributed by atoms with Crippen LogP contribution in [0.2, 0.25) is 0 Å². The lowest BCUT2D eigenvalue weighted by Gasteiger charge is -2.13. The summed E-state index contributed by atoms with van der Waals surface area (Å²) in [5, 5.41) is 6.27. The second kappa shape index (κ2) is 7.83. The summed E-state index contributed by atoms with van der Waals surface area (Å²) in [6.45, 7) is 3.19. The van der Waals surface area contributed by atoms with Gasteiger partial charge in [0.25, 0.3) is 5.91 Å². The number of hydrogen-bond acceptors (Lipinski definition) is 3. The van der Waals surface area contributed by atoms with E-state index in [0.717, 1.165) is 17.7 Å². The van der Waals surface area contributed by atoms with Crippen molar-refractivity contribution in [3.8, 4) is 0 Å². The van der Waals surface area contributed by atoms with Crippen molar-refractivity contribution in [3.63, 3.8) is 0 Å². The van der Waals surface area contributed by atoms with Gasteiger partial charge in [-0.3, -0.25) is 4.79 Å². The van der Waals surface area contributed by atoms with Gasteiger partial charge in [0, 0.05) is 5.69 Å². The van der Waals surface area contributed by atoms with Crippen LogP contribution in [0.3, 0.4) is 0 Å². The standard InChI is InChI=1S/C18H17F3N2O2/c1-12(14-7-4-3-5-8-14)23-25-13(2)17(24)22-16-10-6-9-15(11-16)18(19,20)21/h3-11,13H,1-2H3,(H,22,24)/b23-12-/t13-/m1/s1. The van der Waals surface area contributed by atoms with E-state index in [0.29, 0.717) is 5.71 Å². The molecule has 0 aromatic heterocycles. The largest absolute Gasteiger partial charge is 0.416 e. The molecule has 0 saturated heterocycles. The predicted octanol–water partition coefficient (Wildman–Crippen LogP) is 4.47. The number of nitrogens with zero attached hydrogens (tertiary/aromatic N) is 1. The Hall–Kier alpha value is -2.83. The SMILES string of the molecule is C/C(=N/O[C@H](C)C(=O)Nc1cccc(C(F)(F)F)c1)c1ccccc1. The highest BCUT2D eigenvalue weighted by Crippen LogP contribution is 2.30. The molecule has 1 N–H and O–H groups in total. The second-order valence-corrected chi connectivity index (χ2v) is 5.36. The number of carbonyl (C=O) groups is 1. The van der Waals surface area contributed by atoms with Crippen LogP contribution in [0.5, 0.6) is 0 Å². The Morgan fingerprint density at radius 2 is 1.80 bits per heavy atom. The zero-order valence-electron chi connectivity index (χ0n) is 13.7. The van der Waals surface area contributed by atoms with Crippen molar-refractivity contribution >= 4 is 17.3 Å². The topological polar surface area (TPSA) is 50.7 Å². The highest BCUT2D eigenvalue weighted by molar-refractivity contribution is 5.98. The van der Waals surface area contributed by atoms with Crippen LogP contribution in [0.15, 0.2) is 59.8 Å². The molecule has 0 spiro atoms. The summed E-state index contributed by atoms with van der Waals surface area (Å²) in [6, 6.07) is 13.6. The molecule has 1 amide bonds. The minimum atomic E-state index is -4.47. The molecule has 0 aliphatic carbocycles. The van der Waals surface area contributed by atoms with Gasteiger partial charge in [-0.15, -0.1) is 0 Å². The molecule has 0 bridgehead atoms. The molecule has 0 heterocycles. The smallest absolute Gasteiger partial charge is 0.382 e. The third kappa shape index (κ3) is 5.34. The number of oxime groups is 1. The average molecular weight is 350 g/mol. The molecular formula is C18H17F3N2O2. The Kier molecular flexibility index (Phi) is 5.80. The zero-order valence-corrected chi connectivity index (χ0v) is 13.7. The number of benzene rings is 2. The van der Waals surface area contributed by atoms with Crippen LogP contribution in [0.25, 0.3) is 0 Å². The number of amides is 1. The summed E-state index contributed by atoms with van der Waals surface area (Å²) >= 11 is 0. The van der Waals surface area contributed by atoms with E-state index in [1.54, 1.807) is 6.92 Å². The van der Waals surface area contributed by atoms with Gasteiger partial charge in [0.2, 0.25) is 6.10 Å². The van der Waals surface area contributed by atoms with E-state index in [1.807, 2.05) is 30.3 Å². The molecule has 7 heteroatoms. The number of carbonyl (C=O) groups excluding carboxylic acids is 1. The number of rotatable bonds is 5. The molecule has 0 aliphatic heterocycles. The fraction of sp³-hybridized carbons (Fsp3) is 0.222. The molecule has 2 rings (SSSR count). The summed E-state index contributed by atoms with van der Waals surface area (Å²) < 4.78 is 38.0. The van der Waals surface area contributed by atoms with Gasteiger partial charge in [-0.1, -0.05) is 41.6 Å². The molecule has 4 nitrogen and oxygen atoms in total. The van der Waals surface area contributed by atoms with Gasteiger partial charge in [0.15, 0.2) is 0 Å². The van der Waals surface area contributed by atoms with E-state index in [4.69, 9.17) is 4.84 Å². The Morgan fingerprint density at radius 3 is 2.44 bits per heavy atom. The molecule has 0 aliphatic rings. The van der Waals surface area contributed by atoms with Gasteiger partial charge in [0.1, 0.15) is 0 Å². The Bertz CT molecular complexity index is 758. The molecule has 2 aromatic carbocycles. The summed E-state index contributed by atoms with van der Waals surface area (Å²) in [5.41, 5.74) is 0.628. The maximum absolute atomic E-state index is 12.7. The van der Waals surface area contributed by atoms with Crippen molar-refractivity contribution in [2.24, 2.45) is 5.16 Å². The van der Waals surface area contributed by atoms with Crippen LogP contribution < -0.4 is 5.32 Å². The first-order chi connectivity index (χ1) is 11.8. The third-order valence-corrected chi connectivity index (χ3v) is 3.37. The lowest BCUT2D eigenvalue weighted by Crippen LogP contribution is -2.26. The monoisotopic (exact) mass is 350 g/mol. The van der Waals surface area contributed by atoms with Crippen molar-refractivity contribution in [1.82, 2.24) is 0 Å². The first-order valence-corrected chi connectivity index (χ1v) is 7.51. The number of nitrogens with one attached hydrogen (secondary N) is 1. The molecule has 0 saturated carbocycles. The third-order valence-electron chi connectivity index (χ3n) is 3.37. The van der Waals surface area contributed by atoms with Crippen molar-refractivity contribution in [2.45, 2.75) is 26.1 Å². The first-order valence-electron chi connectivity index (χ1n) is 7.51. The van der Waals surface area contributed by atoms with E-state index in [-0.39, 0.29) is 5.69 Å². The van der Waals surface area contributed by atoms with Crippen molar-refractivity contribution in [3.05, 3.63) is 65.7 Å². The van der Waals surface area contributed by atoms with Gasteiger partial charge in [-0.25, -0.2) is 0 Å². The van der Waals surface area contributed by atoms with Crippen LogP contribution in [0.4, 0.5) is 18.9 Å². The van der Waals surface area contributed by atoms with E-state index in [1.165, 1.54) is 19.1 Å². The van der Waals surface area contributed by atoms with Gasteiger partial charge in [-0.2, -0.15) is 13.2 Å². The van der Waals surface area contributed by atoms with E-state index in [9.17, 15) is 18.0 Å². The number of alkyl halides is 3. The van der Waals surface area contributed by atoms with Gasteiger partial charge in [-0.05, 0) is 37.6 Å². The van der Waals surface area contributed by atoms with E-state index >= 15 is 0 Å². The van der Waals surface area contributed by atoms with Crippen LogP contribution in [0.1, 0.15) is 25.0 Å².